The number of carbonyl (C=O) groups excluding carboxylic acids is 1. The number of amides is 2. The zero-order chi connectivity index (χ0) is 13.8. The van der Waals surface area contributed by atoms with E-state index in [-0.39, 0.29) is 0 Å². The number of urea groups is 1. The standard InChI is InChI=1S/C13H18N2O3/c1-13(2,3)15-12(18)14-10(11(16)17)9-7-5-4-6-8-9/h4-8,10H,1-3H3,(H,16,17)(H2,14,15,18). The van der Waals surface area contributed by atoms with Crippen molar-refractivity contribution in [3.63, 3.8) is 0 Å². The summed E-state index contributed by atoms with van der Waals surface area (Å²) in [6, 6.07) is 7.03. The molecule has 1 aromatic carbocycles. The van der Waals surface area contributed by atoms with Gasteiger partial charge in [-0.05, 0) is 26.3 Å². The van der Waals surface area contributed by atoms with E-state index < -0.39 is 23.6 Å². The highest BCUT2D eigenvalue weighted by molar-refractivity contribution is 5.83. The first kappa shape index (κ1) is 14.0. The Morgan fingerprint density at radius 1 is 1.17 bits per heavy atom. The van der Waals surface area contributed by atoms with E-state index in [9.17, 15) is 9.59 Å². The maximum atomic E-state index is 11.7. The molecule has 0 aliphatic carbocycles. The molecule has 0 bridgehead atoms. The zero-order valence-corrected chi connectivity index (χ0v) is 10.7. The van der Waals surface area contributed by atoms with E-state index in [2.05, 4.69) is 10.6 Å². The number of hydrogen-bond acceptors (Lipinski definition) is 2. The summed E-state index contributed by atoms with van der Waals surface area (Å²) in [5, 5.41) is 14.2. The van der Waals surface area contributed by atoms with Crippen molar-refractivity contribution in [2.45, 2.75) is 32.4 Å². The lowest BCUT2D eigenvalue weighted by atomic mass is 10.1. The van der Waals surface area contributed by atoms with Crippen LogP contribution in [0.2, 0.25) is 0 Å². The van der Waals surface area contributed by atoms with Gasteiger partial charge in [0.15, 0.2) is 6.04 Å². The topological polar surface area (TPSA) is 78.4 Å². The summed E-state index contributed by atoms with van der Waals surface area (Å²) in [7, 11) is 0. The van der Waals surface area contributed by atoms with Gasteiger partial charge in [0, 0.05) is 5.54 Å². The summed E-state index contributed by atoms with van der Waals surface area (Å²) >= 11 is 0. The van der Waals surface area contributed by atoms with Crippen molar-refractivity contribution in [2.75, 3.05) is 0 Å². The van der Waals surface area contributed by atoms with Gasteiger partial charge in [-0.3, -0.25) is 0 Å². The molecule has 1 aromatic rings. The van der Waals surface area contributed by atoms with Gasteiger partial charge < -0.3 is 15.7 Å². The molecule has 1 rings (SSSR count). The molecule has 3 N–H and O–H groups in total. The molecule has 1 atom stereocenters. The third-order valence-corrected chi connectivity index (χ3v) is 2.14. The van der Waals surface area contributed by atoms with Crippen molar-refractivity contribution < 1.29 is 14.7 Å². The highest BCUT2D eigenvalue weighted by Crippen LogP contribution is 2.12. The molecule has 0 saturated carbocycles. The van der Waals surface area contributed by atoms with Crippen LogP contribution in [0.25, 0.3) is 0 Å². The SMILES string of the molecule is CC(C)(C)NC(=O)NC(C(=O)O)c1ccccc1. The van der Waals surface area contributed by atoms with Gasteiger partial charge in [0.1, 0.15) is 0 Å². The largest absolute Gasteiger partial charge is 0.479 e. The van der Waals surface area contributed by atoms with E-state index in [0.717, 1.165) is 0 Å². The van der Waals surface area contributed by atoms with Gasteiger partial charge in [-0.15, -0.1) is 0 Å². The number of rotatable bonds is 3. The van der Waals surface area contributed by atoms with Crippen molar-refractivity contribution in [2.24, 2.45) is 0 Å². The van der Waals surface area contributed by atoms with Gasteiger partial charge in [-0.2, -0.15) is 0 Å². The third kappa shape index (κ3) is 4.45. The van der Waals surface area contributed by atoms with Crippen molar-refractivity contribution >= 4 is 12.0 Å². The number of aliphatic carboxylic acids is 1. The van der Waals surface area contributed by atoms with Gasteiger partial charge in [-0.25, -0.2) is 9.59 Å². The van der Waals surface area contributed by atoms with Crippen LogP contribution in [0, 0.1) is 0 Å². The van der Waals surface area contributed by atoms with Crippen LogP contribution in [0.4, 0.5) is 4.79 Å². The van der Waals surface area contributed by atoms with Crippen LogP contribution >= 0.6 is 0 Å². The van der Waals surface area contributed by atoms with E-state index >= 15 is 0 Å². The fourth-order valence-electron chi connectivity index (χ4n) is 1.44. The molecular weight excluding hydrogens is 232 g/mol. The lowest BCUT2D eigenvalue weighted by Crippen LogP contribution is -2.48. The monoisotopic (exact) mass is 250 g/mol. The number of carbonyl (C=O) groups is 2. The lowest BCUT2D eigenvalue weighted by Gasteiger charge is -2.23. The average molecular weight is 250 g/mol. The Kier molecular flexibility index (Phi) is 4.31. The van der Waals surface area contributed by atoms with Crippen LogP contribution in [-0.2, 0) is 4.79 Å². The summed E-state index contributed by atoms with van der Waals surface area (Å²) < 4.78 is 0. The summed E-state index contributed by atoms with van der Waals surface area (Å²) in [5.74, 6) is -1.09. The van der Waals surface area contributed by atoms with Gasteiger partial charge >= 0.3 is 12.0 Å². The van der Waals surface area contributed by atoms with Crippen LogP contribution in [0.3, 0.4) is 0 Å². The predicted molar refractivity (Wildman–Crippen MR) is 68.2 cm³/mol. The van der Waals surface area contributed by atoms with Crippen LogP contribution in [0.1, 0.15) is 32.4 Å². The Hall–Kier alpha value is -2.04. The Balaban J connectivity index is 2.77. The molecule has 2 amide bonds. The maximum absolute atomic E-state index is 11.7. The molecule has 0 saturated heterocycles. The van der Waals surface area contributed by atoms with Gasteiger partial charge in [-0.1, -0.05) is 30.3 Å². The summed E-state index contributed by atoms with van der Waals surface area (Å²) in [5.41, 5.74) is 0.123. The predicted octanol–water partition coefficient (Wildman–Crippen LogP) is 1.91. The van der Waals surface area contributed by atoms with Crippen molar-refractivity contribution in [3.05, 3.63) is 35.9 Å². The fraction of sp³-hybridized carbons (Fsp3) is 0.385. The molecule has 0 aliphatic heterocycles. The van der Waals surface area contributed by atoms with Crippen LogP contribution in [0.5, 0.6) is 0 Å². The Morgan fingerprint density at radius 2 is 1.72 bits per heavy atom. The molecule has 5 heteroatoms. The Labute approximate surface area is 106 Å². The summed E-state index contributed by atoms with van der Waals surface area (Å²) in [6.45, 7) is 5.47. The smallest absolute Gasteiger partial charge is 0.330 e. The van der Waals surface area contributed by atoms with Gasteiger partial charge in [0.2, 0.25) is 0 Å². The molecule has 0 aromatic heterocycles. The quantitative estimate of drug-likeness (QED) is 0.766. The van der Waals surface area contributed by atoms with Crippen LogP contribution in [-0.4, -0.2) is 22.6 Å². The first-order valence-corrected chi connectivity index (χ1v) is 5.66. The maximum Gasteiger partial charge on any atom is 0.330 e. The molecule has 0 heterocycles. The van der Waals surface area contributed by atoms with E-state index in [1.54, 1.807) is 30.3 Å². The van der Waals surface area contributed by atoms with Crippen LogP contribution < -0.4 is 10.6 Å². The molecule has 0 aliphatic rings. The first-order valence-electron chi connectivity index (χ1n) is 5.66. The molecular formula is C13H18N2O3. The number of nitrogens with one attached hydrogen (secondary N) is 2. The molecule has 98 valence electrons. The van der Waals surface area contributed by atoms with Crippen LogP contribution in [0.15, 0.2) is 30.3 Å². The highest BCUT2D eigenvalue weighted by atomic mass is 16.4. The number of carboxylic acid groups (broad SMARTS) is 1. The summed E-state index contributed by atoms with van der Waals surface area (Å²) in [4.78, 5) is 22.8. The number of carboxylic acids is 1. The lowest BCUT2D eigenvalue weighted by molar-refractivity contribution is -0.139. The second-order valence-corrected chi connectivity index (χ2v) is 5.03. The second-order valence-electron chi connectivity index (χ2n) is 5.03. The minimum atomic E-state index is -1.09. The third-order valence-electron chi connectivity index (χ3n) is 2.14. The molecule has 5 nitrogen and oxygen atoms in total. The van der Waals surface area contributed by atoms with E-state index in [0.29, 0.717) is 5.56 Å². The first-order chi connectivity index (χ1) is 8.29. The average Bonchev–Trinajstić information content (AvgIpc) is 2.24. The van der Waals surface area contributed by atoms with E-state index in [1.807, 2.05) is 20.8 Å². The normalized spacial score (nSPS) is 12.6. The van der Waals surface area contributed by atoms with Gasteiger partial charge in [0.05, 0.1) is 0 Å². The zero-order valence-electron chi connectivity index (χ0n) is 10.7. The molecule has 0 spiro atoms. The van der Waals surface area contributed by atoms with E-state index in [4.69, 9.17) is 5.11 Å². The minimum absolute atomic E-state index is 0.413. The highest BCUT2D eigenvalue weighted by Gasteiger charge is 2.23. The number of benzene rings is 1. The fourth-order valence-corrected chi connectivity index (χ4v) is 1.44. The van der Waals surface area contributed by atoms with Crippen molar-refractivity contribution in [1.82, 2.24) is 10.6 Å². The van der Waals surface area contributed by atoms with Crippen molar-refractivity contribution in [1.29, 1.82) is 0 Å². The van der Waals surface area contributed by atoms with Gasteiger partial charge in [0.25, 0.3) is 0 Å². The number of hydrogen-bond donors (Lipinski definition) is 3. The molecule has 18 heavy (non-hydrogen) atoms. The Morgan fingerprint density at radius 3 is 2.17 bits per heavy atom. The second kappa shape index (κ2) is 5.53. The Bertz CT molecular complexity index is 424. The molecule has 0 fully saturated rings. The minimum Gasteiger partial charge on any atom is -0.479 e. The summed E-state index contributed by atoms with van der Waals surface area (Å²) in [6.07, 6.45) is 0. The molecule has 0 radical (unpaired) electrons. The van der Waals surface area contributed by atoms with E-state index in [1.165, 1.54) is 0 Å². The van der Waals surface area contributed by atoms with Crippen molar-refractivity contribution in [3.8, 4) is 0 Å². The molecule has 1 unspecified atom stereocenters.